The Hall–Kier alpha value is -2.01. The Labute approximate surface area is 116 Å². The maximum atomic E-state index is 12.9. The molecule has 0 amide bonds. The molecule has 1 aromatic carbocycles. The maximum absolute atomic E-state index is 12.9. The molecule has 4 nitrogen and oxygen atoms in total. The van der Waals surface area contributed by atoms with Crippen molar-refractivity contribution in [3.05, 3.63) is 63.1 Å². The quantitative estimate of drug-likeness (QED) is 0.907. The molecule has 1 aliphatic rings. The number of halogens is 1. The van der Waals surface area contributed by atoms with E-state index in [1.165, 1.54) is 12.1 Å². The molecule has 0 unspecified atom stereocenters. The number of H-pyrrole nitrogens is 1. The third kappa shape index (κ3) is 2.63. The fourth-order valence-electron chi connectivity index (χ4n) is 2.60. The predicted octanol–water partition coefficient (Wildman–Crippen LogP) is 1.78. The highest BCUT2D eigenvalue weighted by Gasteiger charge is 2.20. The Kier molecular flexibility index (Phi) is 3.36. The number of benzene rings is 1. The molecule has 2 heterocycles. The molecule has 1 aliphatic heterocycles. The standard InChI is InChI=1S/C15H16FN3O/c1-10-17-14-9-19(7-6-13(14)15(20)18-10)8-11-2-4-12(16)5-3-11/h2-5H,6-9H2,1H3,(H,17,18,20). The second kappa shape index (κ2) is 5.17. The number of aromatic amines is 1. The summed E-state index contributed by atoms with van der Waals surface area (Å²) in [4.78, 5) is 21.2. The Morgan fingerprint density at radius 2 is 2.10 bits per heavy atom. The third-order valence-electron chi connectivity index (χ3n) is 3.59. The minimum absolute atomic E-state index is 0.0195. The highest BCUT2D eigenvalue weighted by molar-refractivity contribution is 5.22. The number of hydrogen-bond donors (Lipinski definition) is 1. The zero-order chi connectivity index (χ0) is 14.1. The number of hydrogen-bond acceptors (Lipinski definition) is 3. The summed E-state index contributed by atoms with van der Waals surface area (Å²) >= 11 is 0. The van der Waals surface area contributed by atoms with Gasteiger partial charge in [0, 0.05) is 25.2 Å². The second-order valence-corrected chi connectivity index (χ2v) is 5.16. The van der Waals surface area contributed by atoms with Crippen molar-refractivity contribution < 1.29 is 4.39 Å². The Bertz CT molecular complexity index is 679. The molecule has 20 heavy (non-hydrogen) atoms. The van der Waals surface area contributed by atoms with Gasteiger partial charge in [0.25, 0.3) is 5.56 Å². The first-order chi connectivity index (χ1) is 9.61. The van der Waals surface area contributed by atoms with Crippen molar-refractivity contribution in [3.63, 3.8) is 0 Å². The van der Waals surface area contributed by atoms with Crippen LogP contribution < -0.4 is 5.56 Å². The van der Waals surface area contributed by atoms with Gasteiger partial charge in [0.15, 0.2) is 0 Å². The summed E-state index contributed by atoms with van der Waals surface area (Å²) in [6.45, 7) is 4.02. The number of fused-ring (bicyclic) bond motifs is 1. The van der Waals surface area contributed by atoms with E-state index >= 15 is 0 Å². The molecular weight excluding hydrogens is 257 g/mol. The highest BCUT2D eigenvalue weighted by Crippen LogP contribution is 2.16. The van der Waals surface area contributed by atoms with Gasteiger partial charge in [-0.05, 0) is 31.0 Å². The lowest BCUT2D eigenvalue weighted by Gasteiger charge is -2.27. The molecule has 0 spiro atoms. The largest absolute Gasteiger partial charge is 0.311 e. The number of nitrogens with one attached hydrogen (secondary N) is 1. The summed E-state index contributed by atoms with van der Waals surface area (Å²) < 4.78 is 12.9. The van der Waals surface area contributed by atoms with E-state index < -0.39 is 0 Å². The van der Waals surface area contributed by atoms with Crippen LogP contribution in [0.15, 0.2) is 29.1 Å². The summed E-state index contributed by atoms with van der Waals surface area (Å²) in [5.41, 5.74) is 2.70. The van der Waals surface area contributed by atoms with Crippen molar-refractivity contribution in [1.82, 2.24) is 14.9 Å². The third-order valence-corrected chi connectivity index (χ3v) is 3.59. The molecule has 0 radical (unpaired) electrons. The predicted molar refractivity (Wildman–Crippen MR) is 73.8 cm³/mol. The van der Waals surface area contributed by atoms with Gasteiger partial charge in [0.1, 0.15) is 11.6 Å². The molecule has 1 N–H and O–H groups in total. The van der Waals surface area contributed by atoms with Crippen LogP contribution in [0.2, 0.25) is 0 Å². The average molecular weight is 273 g/mol. The topological polar surface area (TPSA) is 49.0 Å². The molecule has 2 aromatic rings. The summed E-state index contributed by atoms with van der Waals surface area (Å²) in [5, 5.41) is 0. The molecule has 0 fully saturated rings. The molecule has 0 bridgehead atoms. The molecule has 0 saturated heterocycles. The van der Waals surface area contributed by atoms with Crippen molar-refractivity contribution in [3.8, 4) is 0 Å². The Morgan fingerprint density at radius 1 is 1.35 bits per heavy atom. The van der Waals surface area contributed by atoms with E-state index in [9.17, 15) is 9.18 Å². The Morgan fingerprint density at radius 3 is 2.85 bits per heavy atom. The van der Waals surface area contributed by atoms with Gasteiger partial charge < -0.3 is 4.98 Å². The molecule has 0 saturated carbocycles. The van der Waals surface area contributed by atoms with Crippen LogP contribution in [0, 0.1) is 12.7 Å². The van der Waals surface area contributed by atoms with Crippen molar-refractivity contribution in [1.29, 1.82) is 0 Å². The summed E-state index contributed by atoms with van der Waals surface area (Å²) in [6.07, 6.45) is 0.707. The lowest BCUT2D eigenvalue weighted by molar-refractivity contribution is 0.240. The zero-order valence-electron chi connectivity index (χ0n) is 11.3. The minimum Gasteiger partial charge on any atom is -0.311 e. The van der Waals surface area contributed by atoms with Crippen LogP contribution in [0.25, 0.3) is 0 Å². The van der Waals surface area contributed by atoms with E-state index in [0.717, 1.165) is 29.9 Å². The van der Waals surface area contributed by atoms with Crippen molar-refractivity contribution >= 4 is 0 Å². The first kappa shape index (κ1) is 13.0. The summed E-state index contributed by atoms with van der Waals surface area (Å²) in [5.74, 6) is 0.430. The van der Waals surface area contributed by atoms with Crippen LogP contribution in [-0.2, 0) is 19.5 Å². The van der Waals surface area contributed by atoms with Crippen LogP contribution >= 0.6 is 0 Å². The number of rotatable bonds is 2. The van der Waals surface area contributed by atoms with Crippen LogP contribution in [-0.4, -0.2) is 21.4 Å². The van der Waals surface area contributed by atoms with Crippen LogP contribution in [0.5, 0.6) is 0 Å². The van der Waals surface area contributed by atoms with Gasteiger partial charge in [0.2, 0.25) is 0 Å². The van der Waals surface area contributed by atoms with Gasteiger partial charge in [-0.25, -0.2) is 9.37 Å². The SMILES string of the molecule is Cc1nc2c(c(=O)[nH]1)CCN(Cc1ccc(F)cc1)C2. The second-order valence-electron chi connectivity index (χ2n) is 5.16. The molecule has 0 aliphatic carbocycles. The minimum atomic E-state index is -0.221. The fourth-order valence-corrected chi connectivity index (χ4v) is 2.60. The Balaban J connectivity index is 1.78. The van der Waals surface area contributed by atoms with Crippen molar-refractivity contribution in [2.45, 2.75) is 26.4 Å². The number of nitrogens with zero attached hydrogens (tertiary/aromatic N) is 2. The molecule has 104 valence electrons. The van der Waals surface area contributed by atoms with E-state index in [-0.39, 0.29) is 11.4 Å². The maximum Gasteiger partial charge on any atom is 0.254 e. The van der Waals surface area contributed by atoms with Gasteiger partial charge in [-0.3, -0.25) is 9.69 Å². The monoisotopic (exact) mass is 273 g/mol. The van der Waals surface area contributed by atoms with Gasteiger partial charge in [0.05, 0.1) is 5.69 Å². The molecular formula is C15H16FN3O. The van der Waals surface area contributed by atoms with Crippen LogP contribution in [0.4, 0.5) is 4.39 Å². The van der Waals surface area contributed by atoms with E-state index in [2.05, 4.69) is 14.9 Å². The molecule has 0 atom stereocenters. The molecule has 1 aromatic heterocycles. The van der Waals surface area contributed by atoms with Gasteiger partial charge in [-0.1, -0.05) is 12.1 Å². The molecule has 3 rings (SSSR count). The van der Waals surface area contributed by atoms with E-state index in [1.54, 1.807) is 19.1 Å². The van der Waals surface area contributed by atoms with Crippen LogP contribution in [0.1, 0.15) is 22.6 Å². The fraction of sp³-hybridized carbons (Fsp3) is 0.333. The normalized spacial score (nSPS) is 15.1. The first-order valence-electron chi connectivity index (χ1n) is 6.67. The number of aromatic nitrogens is 2. The van der Waals surface area contributed by atoms with Crippen LogP contribution in [0.3, 0.4) is 0 Å². The summed E-state index contributed by atoms with van der Waals surface area (Å²) in [6, 6.07) is 6.53. The molecule has 5 heteroatoms. The van der Waals surface area contributed by atoms with Crippen molar-refractivity contribution in [2.24, 2.45) is 0 Å². The first-order valence-corrected chi connectivity index (χ1v) is 6.67. The van der Waals surface area contributed by atoms with E-state index in [4.69, 9.17) is 0 Å². The van der Waals surface area contributed by atoms with E-state index in [1.807, 2.05) is 0 Å². The van der Waals surface area contributed by atoms with E-state index in [0.29, 0.717) is 18.8 Å². The smallest absolute Gasteiger partial charge is 0.254 e. The summed E-state index contributed by atoms with van der Waals surface area (Å²) in [7, 11) is 0. The van der Waals surface area contributed by atoms with Crippen molar-refractivity contribution in [2.75, 3.05) is 6.54 Å². The number of aryl methyl sites for hydroxylation is 1. The average Bonchev–Trinajstić information content (AvgIpc) is 2.41. The van der Waals surface area contributed by atoms with Gasteiger partial charge in [-0.2, -0.15) is 0 Å². The highest BCUT2D eigenvalue weighted by atomic mass is 19.1. The van der Waals surface area contributed by atoms with Gasteiger partial charge in [-0.15, -0.1) is 0 Å². The lowest BCUT2D eigenvalue weighted by Crippen LogP contribution is -2.35. The zero-order valence-corrected chi connectivity index (χ0v) is 11.3. The lowest BCUT2D eigenvalue weighted by atomic mass is 10.1. The van der Waals surface area contributed by atoms with Gasteiger partial charge >= 0.3 is 0 Å².